The lowest BCUT2D eigenvalue weighted by Gasteiger charge is -2.29. The van der Waals surface area contributed by atoms with Gasteiger partial charge in [0.2, 0.25) is 0 Å². The van der Waals surface area contributed by atoms with Crippen molar-refractivity contribution >= 4 is 17.5 Å². The van der Waals surface area contributed by atoms with Gasteiger partial charge in [0.25, 0.3) is 5.91 Å². The van der Waals surface area contributed by atoms with E-state index in [0.717, 1.165) is 54.3 Å². The van der Waals surface area contributed by atoms with Crippen LogP contribution in [-0.4, -0.2) is 48.1 Å². The molecule has 4 rings (SSSR count). The van der Waals surface area contributed by atoms with Crippen molar-refractivity contribution in [2.45, 2.75) is 19.4 Å². The molecule has 2 aromatic rings. The highest BCUT2D eigenvalue weighted by molar-refractivity contribution is 6.31. The van der Waals surface area contributed by atoms with E-state index in [1.165, 1.54) is 0 Å². The number of hydrogen-bond acceptors (Lipinski definition) is 4. The van der Waals surface area contributed by atoms with Crippen LogP contribution in [0.1, 0.15) is 11.3 Å². The molecule has 1 saturated heterocycles. The predicted molar refractivity (Wildman–Crippen MR) is 97.0 cm³/mol. The Kier molecular flexibility index (Phi) is 4.36. The molecule has 5 nitrogen and oxygen atoms in total. The van der Waals surface area contributed by atoms with E-state index in [1.54, 1.807) is 6.20 Å². The number of hydrogen-bond donors (Lipinski definition) is 1. The Morgan fingerprint density at radius 3 is 2.88 bits per heavy atom. The highest BCUT2D eigenvalue weighted by Crippen LogP contribution is 2.41. The average molecular weight is 358 g/mol. The maximum Gasteiger partial charge on any atom is 0.264 e. The zero-order valence-electron chi connectivity index (χ0n) is 14.1. The molecule has 0 saturated carbocycles. The maximum atomic E-state index is 12.8. The van der Waals surface area contributed by atoms with Gasteiger partial charge in [0.15, 0.2) is 6.10 Å². The third-order valence-electron chi connectivity index (χ3n) is 4.71. The van der Waals surface area contributed by atoms with Crippen molar-refractivity contribution < 1.29 is 9.53 Å². The molecule has 1 fully saturated rings. The molecule has 1 atom stereocenters. The molecular weight excluding hydrogens is 338 g/mol. The summed E-state index contributed by atoms with van der Waals surface area (Å²) in [5.74, 6) is 0.828. The van der Waals surface area contributed by atoms with Crippen LogP contribution in [0.3, 0.4) is 0 Å². The average Bonchev–Trinajstić information content (AvgIpc) is 3.05. The molecule has 1 N–H and O–H groups in total. The highest BCUT2D eigenvalue weighted by atomic mass is 35.5. The summed E-state index contributed by atoms with van der Waals surface area (Å²) >= 11 is 6.32. The molecule has 0 aliphatic carbocycles. The number of amides is 1. The summed E-state index contributed by atoms with van der Waals surface area (Å²) in [4.78, 5) is 18.9. The van der Waals surface area contributed by atoms with E-state index in [-0.39, 0.29) is 5.91 Å². The van der Waals surface area contributed by atoms with Gasteiger partial charge in [-0.25, -0.2) is 0 Å². The maximum absolute atomic E-state index is 12.8. The molecular formula is C19H20ClN3O2. The molecule has 130 valence electrons. The number of halogens is 1. The zero-order valence-corrected chi connectivity index (χ0v) is 14.8. The fourth-order valence-corrected chi connectivity index (χ4v) is 3.72. The Labute approximate surface area is 152 Å². The molecule has 1 aromatic heterocycles. The van der Waals surface area contributed by atoms with Gasteiger partial charge in [-0.05, 0) is 36.8 Å². The first-order valence-electron chi connectivity index (χ1n) is 8.53. The molecule has 3 heterocycles. The number of carbonyl (C=O) groups excluding carboxylic acids is 1. The molecule has 25 heavy (non-hydrogen) atoms. The van der Waals surface area contributed by atoms with Crippen LogP contribution in [0.15, 0.2) is 30.5 Å². The number of aromatic nitrogens is 1. The summed E-state index contributed by atoms with van der Waals surface area (Å²) in [6.07, 6.45) is 1.87. The second kappa shape index (κ2) is 6.65. The predicted octanol–water partition coefficient (Wildman–Crippen LogP) is 2.45. The SMILES string of the molecule is Cc1cc(-c2cc(Cl)cc3c2OC(C(=O)N2CCNCC2)C3)ccn1. The molecule has 0 spiro atoms. The van der Waals surface area contributed by atoms with E-state index in [2.05, 4.69) is 10.3 Å². The van der Waals surface area contributed by atoms with Crippen LogP contribution in [0.5, 0.6) is 5.75 Å². The van der Waals surface area contributed by atoms with Gasteiger partial charge in [-0.15, -0.1) is 0 Å². The number of ether oxygens (including phenoxy) is 1. The summed E-state index contributed by atoms with van der Waals surface area (Å²) in [6.45, 7) is 5.07. The van der Waals surface area contributed by atoms with Crippen molar-refractivity contribution in [1.29, 1.82) is 0 Å². The molecule has 2 aliphatic rings. The first kappa shape index (κ1) is 16.4. The lowest BCUT2D eigenvalue weighted by Crippen LogP contribution is -2.50. The summed E-state index contributed by atoms with van der Waals surface area (Å²) in [5.41, 5.74) is 3.84. The summed E-state index contributed by atoms with van der Waals surface area (Å²) in [7, 11) is 0. The van der Waals surface area contributed by atoms with E-state index in [4.69, 9.17) is 16.3 Å². The standard InChI is InChI=1S/C19H20ClN3O2/c1-12-8-13(2-3-22-12)16-11-15(20)9-14-10-17(25-18(14)16)19(24)23-6-4-21-5-7-23/h2-3,8-9,11,17,21H,4-7,10H2,1H3. The number of nitrogens with one attached hydrogen (secondary N) is 1. The Bertz CT molecular complexity index is 818. The van der Waals surface area contributed by atoms with Crippen molar-refractivity contribution in [2.75, 3.05) is 26.2 Å². The minimum Gasteiger partial charge on any atom is -0.479 e. The fraction of sp³-hybridized carbons (Fsp3) is 0.368. The topological polar surface area (TPSA) is 54.5 Å². The van der Waals surface area contributed by atoms with Gasteiger partial charge in [0.1, 0.15) is 5.75 Å². The molecule has 1 aromatic carbocycles. The molecule has 2 aliphatic heterocycles. The summed E-state index contributed by atoms with van der Waals surface area (Å²) < 4.78 is 6.11. The van der Waals surface area contributed by atoms with Crippen molar-refractivity contribution in [1.82, 2.24) is 15.2 Å². The summed E-state index contributed by atoms with van der Waals surface area (Å²) in [6, 6.07) is 7.74. The number of piperazine rings is 1. The number of aryl methyl sites for hydroxylation is 1. The van der Waals surface area contributed by atoms with Crippen LogP contribution in [0.2, 0.25) is 5.02 Å². The van der Waals surface area contributed by atoms with Crippen molar-refractivity contribution in [3.05, 3.63) is 46.7 Å². The van der Waals surface area contributed by atoms with Crippen LogP contribution >= 0.6 is 11.6 Å². The van der Waals surface area contributed by atoms with E-state index < -0.39 is 6.10 Å². The van der Waals surface area contributed by atoms with Crippen molar-refractivity contribution in [2.24, 2.45) is 0 Å². The first-order chi connectivity index (χ1) is 12.1. The van der Waals surface area contributed by atoms with Gasteiger partial charge >= 0.3 is 0 Å². The van der Waals surface area contributed by atoms with Crippen LogP contribution in [-0.2, 0) is 11.2 Å². The van der Waals surface area contributed by atoms with Gasteiger partial charge < -0.3 is 15.0 Å². The van der Waals surface area contributed by atoms with E-state index in [0.29, 0.717) is 11.4 Å². The van der Waals surface area contributed by atoms with Crippen molar-refractivity contribution in [3.63, 3.8) is 0 Å². The van der Waals surface area contributed by atoms with Gasteiger partial charge in [-0.1, -0.05) is 11.6 Å². The Balaban J connectivity index is 1.64. The van der Waals surface area contributed by atoms with Gasteiger partial charge in [-0.3, -0.25) is 9.78 Å². The molecule has 0 radical (unpaired) electrons. The second-order valence-electron chi connectivity index (χ2n) is 6.51. The Morgan fingerprint density at radius 1 is 1.32 bits per heavy atom. The lowest BCUT2D eigenvalue weighted by atomic mass is 10.0. The minimum atomic E-state index is -0.465. The van der Waals surface area contributed by atoms with Gasteiger partial charge in [0, 0.05) is 60.6 Å². The smallest absolute Gasteiger partial charge is 0.264 e. The number of nitrogens with zero attached hydrogens (tertiary/aromatic N) is 2. The number of carbonyl (C=O) groups is 1. The van der Waals surface area contributed by atoms with Crippen molar-refractivity contribution in [3.8, 4) is 16.9 Å². The largest absolute Gasteiger partial charge is 0.479 e. The van der Waals surface area contributed by atoms with Gasteiger partial charge in [-0.2, -0.15) is 0 Å². The third kappa shape index (κ3) is 3.22. The molecule has 1 amide bonds. The quantitative estimate of drug-likeness (QED) is 0.897. The van der Waals surface area contributed by atoms with E-state index >= 15 is 0 Å². The highest BCUT2D eigenvalue weighted by Gasteiger charge is 2.34. The zero-order chi connectivity index (χ0) is 17.4. The first-order valence-corrected chi connectivity index (χ1v) is 8.91. The lowest BCUT2D eigenvalue weighted by molar-refractivity contribution is -0.138. The minimum absolute atomic E-state index is 0.0608. The van der Waals surface area contributed by atoms with Crippen LogP contribution in [0.4, 0.5) is 0 Å². The molecule has 6 heteroatoms. The summed E-state index contributed by atoms with van der Waals surface area (Å²) in [5, 5.41) is 3.92. The van der Waals surface area contributed by atoms with Crippen LogP contribution < -0.4 is 10.1 Å². The second-order valence-corrected chi connectivity index (χ2v) is 6.95. The number of rotatable bonds is 2. The fourth-order valence-electron chi connectivity index (χ4n) is 3.48. The Morgan fingerprint density at radius 2 is 2.12 bits per heavy atom. The third-order valence-corrected chi connectivity index (χ3v) is 4.93. The Hall–Kier alpha value is -2.11. The number of fused-ring (bicyclic) bond motifs is 1. The van der Waals surface area contributed by atoms with Crippen LogP contribution in [0.25, 0.3) is 11.1 Å². The van der Waals surface area contributed by atoms with Crippen LogP contribution in [0, 0.1) is 6.92 Å². The number of pyridine rings is 1. The normalized spacial score (nSPS) is 19.4. The molecule has 0 bridgehead atoms. The monoisotopic (exact) mass is 357 g/mol. The number of benzene rings is 1. The van der Waals surface area contributed by atoms with E-state index in [1.807, 2.05) is 36.1 Å². The van der Waals surface area contributed by atoms with Gasteiger partial charge in [0.05, 0.1) is 0 Å². The molecule has 1 unspecified atom stereocenters. The van der Waals surface area contributed by atoms with E-state index in [9.17, 15) is 4.79 Å².